The number of carbonyl (C=O) groups is 1. The monoisotopic (exact) mass is 663 g/mol. The summed E-state index contributed by atoms with van der Waals surface area (Å²) in [5, 5.41) is 33.3. The highest BCUT2D eigenvalue weighted by Crippen LogP contribution is 2.65. The van der Waals surface area contributed by atoms with Crippen LogP contribution in [0.25, 0.3) is 0 Å². The van der Waals surface area contributed by atoms with Gasteiger partial charge in [0, 0.05) is 30.0 Å². The van der Waals surface area contributed by atoms with E-state index in [-0.39, 0.29) is 28.4 Å². The quantitative estimate of drug-likeness (QED) is 0.220. The average Bonchev–Trinajstić information content (AvgIpc) is 3.61. The smallest absolute Gasteiger partial charge is 0.404 e. The lowest BCUT2D eigenvalue weighted by molar-refractivity contribution is -0.390. The first-order valence-electron chi connectivity index (χ1n) is 14.9. The van der Waals surface area contributed by atoms with E-state index < -0.39 is 11.0 Å². The lowest BCUT2D eigenvalue weighted by Crippen LogP contribution is -2.57. The predicted octanol–water partition coefficient (Wildman–Crippen LogP) is 6.34. The lowest BCUT2D eigenvalue weighted by Gasteiger charge is -2.61. The summed E-state index contributed by atoms with van der Waals surface area (Å²) in [5.74, 6) is 1.96. The molecule has 3 aromatic rings. The number of nitro groups is 1. The number of halogens is 1. The van der Waals surface area contributed by atoms with Crippen LogP contribution in [-0.4, -0.2) is 50.7 Å². The fraction of sp³-hybridized carbons (Fsp3) is 0.469. The number of rotatable bonds is 8. The van der Waals surface area contributed by atoms with Gasteiger partial charge in [-0.3, -0.25) is 4.79 Å². The number of ether oxygens (including phenoxy) is 2. The van der Waals surface area contributed by atoms with Gasteiger partial charge >= 0.3 is 5.82 Å². The van der Waals surface area contributed by atoms with Gasteiger partial charge in [0.2, 0.25) is 5.91 Å². The van der Waals surface area contributed by atoms with E-state index in [2.05, 4.69) is 21.0 Å². The Hall–Kier alpha value is -3.93. The molecule has 12 heteroatoms. The second kappa shape index (κ2) is 10.6. The first-order valence-corrected chi connectivity index (χ1v) is 15.7. The van der Waals surface area contributed by atoms with Crippen LogP contribution in [0.5, 0.6) is 17.2 Å². The van der Waals surface area contributed by atoms with Crippen LogP contribution in [-0.2, 0) is 10.3 Å². The Bertz CT molecular complexity index is 1670. The van der Waals surface area contributed by atoms with Crippen molar-refractivity contribution in [2.24, 2.45) is 22.4 Å². The van der Waals surface area contributed by atoms with Crippen molar-refractivity contribution in [3.05, 3.63) is 74.4 Å². The molecule has 2 unspecified atom stereocenters. The van der Waals surface area contributed by atoms with Crippen molar-refractivity contribution in [3.63, 3.8) is 0 Å². The fourth-order valence-corrected chi connectivity index (χ4v) is 9.36. The summed E-state index contributed by atoms with van der Waals surface area (Å²) in [4.78, 5) is 25.5. The average molecular weight is 665 g/mol. The highest BCUT2D eigenvalue weighted by atomic mass is 79.9. The van der Waals surface area contributed by atoms with Crippen LogP contribution >= 0.6 is 15.9 Å². The lowest BCUT2D eigenvalue weighted by atomic mass is 9.46. The number of hydrazone groups is 1. The molecule has 0 spiro atoms. The summed E-state index contributed by atoms with van der Waals surface area (Å²) in [6, 6.07) is 12.1. The van der Waals surface area contributed by atoms with Crippen molar-refractivity contribution in [1.82, 2.24) is 14.8 Å². The highest BCUT2D eigenvalue weighted by molar-refractivity contribution is 9.10. The number of hydrogen-bond donors (Lipinski definition) is 1. The zero-order chi connectivity index (χ0) is 30.8. The standard InChI is InChI=1S/C32H34BrN5O6/c1-43-21-7-8-22(28(10-21)44-2)25-11-26(23-5-3-4-6-27(23)39)37(34-25)29(40)16-31-12-19-9-20(13-31)15-32(14-19,18-31)36-17-24(33)30(35-36)38(41)42/h3-8,10,17,19-20,26,39H,9,11-16,18H2,1-2H3/t19-,20+,26-,31?,32?/m1/s1. The molecule has 4 bridgehead atoms. The zero-order valence-corrected chi connectivity index (χ0v) is 26.2. The summed E-state index contributed by atoms with van der Waals surface area (Å²) in [6.07, 6.45) is 8.04. The molecule has 5 atom stereocenters. The van der Waals surface area contributed by atoms with Crippen LogP contribution in [0.1, 0.15) is 68.5 Å². The first kappa shape index (κ1) is 28.8. The molecular formula is C32H34BrN5O6. The number of phenols is 1. The Balaban J connectivity index is 1.23. The Morgan fingerprint density at radius 3 is 2.55 bits per heavy atom. The third-order valence-electron chi connectivity index (χ3n) is 10.2. The van der Waals surface area contributed by atoms with Crippen LogP contribution in [0.3, 0.4) is 0 Å². The van der Waals surface area contributed by atoms with Crippen LogP contribution < -0.4 is 9.47 Å². The largest absolute Gasteiger partial charge is 0.508 e. The molecule has 1 amide bonds. The third kappa shape index (κ3) is 4.74. The molecule has 11 nitrogen and oxygen atoms in total. The van der Waals surface area contributed by atoms with Gasteiger partial charge in [0.15, 0.2) is 0 Å². The molecule has 2 heterocycles. The van der Waals surface area contributed by atoms with Gasteiger partial charge in [-0.2, -0.15) is 9.78 Å². The van der Waals surface area contributed by atoms with Crippen molar-refractivity contribution in [3.8, 4) is 17.2 Å². The second-order valence-electron chi connectivity index (χ2n) is 13.0. The molecule has 8 rings (SSSR count). The molecule has 2 aromatic carbocycles. The van der Waals surface area contributed by atoms with Gasteiger partial charge < -0.3 is 24.7 Å². The maximum atomic E-state index is 14.4. The van der Waals surface area contributed by atoms with Crippen molar-refractivity contribution in [2.75, 3.05) is 14.2 Å². The molecule has 44 heavy (non-hydrogen) atoms. The van der Waals surface area contributed by atoms with Crippen LogP contribution in [0.15, 0.2) is 58.2 Å². The summed E-state index contributed by atoms with van der Waals surface area (Å²) < 4.78 is 13.2. The van der Waals surface area contributed by atoms with E-state index in [0.29, 0.717) is 51.9 Å². The number of aromatic hydroxyl groups is 1. The summed E-state index contributed by atoms with van der Waals surface area (Å²) >= 11 is 3.34. The molecule has 1 aliphatic heterocycles. The Morgan fingerprint density at radius 2 is 1.89 bits per heavy atom. The Morgan fingerprint density at radius 1 is 1.14 bits per heavy atom. The Kier molecular flexibility index (Phi) is 6.95. The number of para-hydroxylation sites is 1. The van der Waals surface area contributed by atoms with Gasteiger partial charge in [-0.05, 0) is 94.8 Å². The van der Waals surface area contributed by atoms with Gasteiger partial charge in [-0.25, -0.2) is 5.01 Å². The van der Waals surface area contributed by atoms with Crippen LogP contribution in [0.2, 0.25) is 0 Å². The Labute approximate surface area is 263 Å². The molecule has 4 saturated carbocycles. The minimum Gasteiger partial charge on any atom is -0.508 e. The fourth-order valence-electron chi connectivity index (χ4n) is 8.94. The topological polar surface area (TPSA) is 132 Å². The molecule has 4 fully saturated rings. The van der Waals surface area contributed by atoms with Gasteiger partial charge in [-0.15, -0.1) is 0 Å². The zero-order valence-electron chi connectivity index (χ0n) is 24.6. The molecule has 1 N–H and O–H groups in total. The number of phenolic OH excluding ortho intramolecular Hbond substituents is 1. The minimum atomic E-state index is -0.474. The second-order valence-corrected chi connectivity index (χ2v) is 13.8. The summed E-state index contributed by atoms with van der Waals surface area (Å²) in [5.41, 5.74) is 1.50. The molecular weight excluding hydrogens is 630 g/mol. The number of methoxy groups -OCH3 is 2. The van der Waals surface area contributed by atoms with Crippen molar-refractivity contribution < 1.29 is 24.3 Å². The normalized spacial score (nSPS) is 28.7. The number of nitrogens with zero attached hydrogens (tertiary/aromatic N) is 5. The number of hydrogen-bond acceptors (Lipinski definition) is 8. The maximum Gasteiger partial charge on any atom is 0.404 e. The predicted molar refractivity (Wildman–Crippen MR) is 165 cm³/mol. The first-order chi connectivity index (χ1) is 21.1. The third-order valence-corrected chi connectivity index (χ3v) is 10.7. The van der Waals surface area contributed by atoms with E-state index in [1.165, 1.54) is 0 Å². The molecule has 4 aliphatic carbocycles. The molecule has 0 saturated heterocycles. The highest BCUT2D eigenvalue weighted by Gasteiger charge is 2.61. The van der Waals surface area contributed by atoms with Gasteiger partial charge in [0.1, 0.15) is 21.7 Å². The minimum absolute atomic E-state index is 0.0922. The number of aromatic nitrogens is 2. The van der Waals surface area contributed by atoms with E-state index in [9.17, 15) is 20.0 Å². The maximum absolute atomic E-state index is 14.4. The molecule has 1 aromatic heterocycles. The van der Waals surface area contributed by atoms with E-state index in [1.807, 2.05) is 28.9 Å². The molecule has 0 radical (unpaired) electrons. The van der Waals surface area contributed by atoms with Gasteiger partial charge in [0.05, 0.1) is 42.8 Å². The van der Waals surface area contributed by atoms with E-state index >= 15 is 0 Å². The van der Waals surface area contributed by atoms with Crippen LogP contribution in [0, 0.1) is 27.4 Å². The molecule has 5 aliphatic rings. The van der Waals surface area contributed by atoms with Crippen molar-refractivity contribution >= 4 is 33.4 Å². The molecule has 230 valence electrons. The number of amides is 1. The van der Waals surface area contributed by atoms with Crippen LogP contribution in [0.4, 0.5) is 5.82 Å². The number of benzene rings is 2. The summed E-state index contributed by atoms with van der Waals surface area (Å²) in [7, 11) is 3.18. The van der Waals surface area contributed by atoms with E-state index in [0.717, 1.165) is 44.1 Å². The van der Waals surface area contributed by atoms with E-state index in [1.54, 1.807) is 43.6 Å². The van der Waals surface area contributed by atoms with Crippen molar-refractivity contribution in [1.29, 1.82) is 0 Å². The van der Waals surface area contributed by atoms with Gasteiger partial charge in [0.25, 0.3) is 0 Å². The van der Waals surface area contributed by atoms with Crippen molar-refractivity contribution in [2.45, 2.75) is 62.9 Å². The number of carbonyl (C=O) groups excluding carboxylic acids is 1. The van der Waals surface area contributed by atoms with Gasteiger partial charge in [-0.1, -0.05) is 18.2 Å². The SMILES string of the molecule is COc1ccc(C2=NN(C(=O)CC34C[C@H]5C[C@@H](C3)CC(n3cc(Br)c([N+](=O)[O-])n3)(C5)C4)[C@@H](c3ccccc3O)C2)c(OC)c1. The van der Waals surface area contributed by atoms with E-state index in [4.69, 9.17) is 14.6 Å². The summed E-state index contributed by atoms with van der Waals surface area (Å²) in [6.45, 7) is 0.